The predicted octanol–water partition coefficient (Wildman–Crippen LogP) is 1.10. The summed E-state index contributed by atoms with van der Waals surface area (Å²) in [5.74, 6) is -0.192. The van der Waals surface area contributed by atoms with Crippen LogP contribution in [0.4, 0.5) is 5.69 Å². The Hall–Kier alpha value is -2.24. The number of methoxy groups -OCH3 is 1. The number of anilines is 1. The van der Waals surface area contributed by atoms with E-state index in [1.165, 1.54) is 13.2 Å². The van der Waals surface area contributed by atoms with Gasteiger partial charge in [-0.2, -0.15) is 0 Å². The minimum absolute atomic E-state index is 0.0393. The van der Waals surface area contributed by atoms with Crippen LogP contribution >= 0.6 is 0 Å². The van der Waals surface area contributed by atoms with Crippen LogP contribution in [0.1, 0.15) is 29.6 Å². The van der Waals surface area contributed by atoms with E-state index in [0.29, 0.717) is 17.5 Å². The quantitative estimate of drug-likeness (QED) is 0.600. The summed E-state index contributed by atoms with van der Waals surface area (Å²) in [6.45, 7) is 0.201. The van der Waals surface area contributed by atoms with Gasteiger partial charge in [0.15, 0.2) is 0 Å². The van der Waals surface area contributed by atoms with Crippen molar-refractivity contribution >= 4 is 17.6 Å². The van der Waals surface area contributed by atoms with Crippen molar-refractivity contribution in [2.24, 2.45) is 0 Å². The van der Waals surface area contributed by atoms with Gasteiger partial charge in [0.25, 0.3) is 0 Å². The molecule has 0 aliphatic heterocycles. The molecule has 1 aliphatic rings. The average Bonchev–Trinajstić information content (AvgIpc) is 3.23. The van der Waals surface area contributed by atoms with E-state index in [9.17, 15) is 9.59 Å². The molecule has 1 aromatic carbocycles. The number of hydrogen-bond acceptors (Lipinski definition) is 5. The van der Waals surface area contributed by atoms with Gasteiger partial charge in [-0.3, -0.25) is 4.79 Å². The number of amides is 1. The second-order valence-electron chi connectivity index (χ2n) is 4.69. The van der Waals surface area contributed by atoms with Gasteiger partial charge >= 0.3 is 5.97 Å². The Labute approximate surface area is 117 Å². The third kappa shape index (κ3) is 3.88. The first-order valence-electron chi connectivity index (χ1n) is 6.50. The molecule has 3 N–H and O–H groups in total. The van der Waals surface area contributed by atoms with Crippen molar-refractivity contribution in [1.29, 1.82) is 0 Å². The molecule has 1 saturated carbocycles. The molecule has 20 heavy (non-hydrogen) atoms. The minimum atomic E-state index is -0.519. The second kappa shape index (κ2) is 6.27. The molecule has 0 atom stereocenters. The van der Waals surface area contributed by atoms with Crippen LogP contribution in [0.3, 0.4) is 0 Å². The minimum Gasteiger partial charge on any atom is -0.492 e. The molecule has 108 valence electrons. The lowest BCUT2D eigenvalue weighted by molar-refractivity contribution is -0.121. The SMILES string of the molecule is COC(=O)c1cc(N)ccc1OCCC(=O)NC1CC1. The van der Waals surface area contributed by atoms with Crippen molar-refractivity contribution in [3.05, 3.63) is 23.8 Å². The molecule has 0 heterocycles. The molecule has 1 amide bonds. The Bertz CT molecular complexity index is 512. The maximum Gasteiger partial charge on any atom is 0.341 e. The van der Waals surface area contributed by atoms with E-state index in [1.807, 2.05) is 0 Å². The fourth-order valence-corrected chi connectivity index (χ4v) is 1.72. The molecule has 6 nitrogen and oxygen atoms in total. The monoisotopic (exact) mass is 278 g/mol. The van der Waals surface area contributed by atoms with Crippen LogP contribution in [0.5, 0.6) is 5.75 Å². The molecule has 1 fully saturated rings. The number of carbonyl (C=O) groups is 2. The molecule has 0 radical (unpaired) electrons. The number of carbonyl (C=O) groups excluding carboxylic acids is 2. The van der Waals surface area contributed by atoms with Gasteiger partial charge in [0, 0.05) is 11.7 Å². The highest BCUT2D eigenvalue weighted by Crippen LogP contribution is 2.22. The van der Waals surface area contributed by atoms with Gasteiger partial charge in [0.2, 0.25) is 5.91 Å². The second-order valence-corrected chi connectivity index (χ2v) is 4.69. The highest BCUT2D eigenvalue weighted by molar-refractivity contribution is 5.93. The van der Waals surface area contributed by atoms with Crippen LogP contribution in [0.2, 0.25) is 0 Å². The van der Waals surface area contributed by atoms with E-state index in [2.05, 4.69) is 10.1 Å². The number of esters is 1. The zero-order valence-electron chi connectivity index (χ0n) is 11.3. The summed E-state index contributed by atoms with van der Waals surface area (Å²) in [4.78, 5) is 23.1. The summed E-state index contributed by atoms with van der Waals surface area (Å²) in [6, 6.07) is 5.06. The molecule has 0 unspecified atom stereocenters. The number of nitrogens with two attached hydrogens (primary N) is 1. The molecule has 1 aliphatic carbocycles. The Morgan fingerprint density at radius 1 is 1.40 bits per heavy atom. The third-order valence-corrected chi connectivity index (χ3v) is 2.94. The van der Waals surface area contributed by atoms with E-state index in [0.717, 1.165) is 12.8 Å². The van der Waals surface area contributed by atoms with Crippen LogP contribution in [0, 0.1) is 0 Å². The molecule has 0 saturated heterocycles. The van der Waals surface area contributed by atoms with Gasteiger partial charge in [0.05, 0.1) is 20.1 Å². The zero-order valence-corrected chi connectivity index (χ0v) is 11.3. The van der Waals surface area contributed by atoms with Gasteiger partial charge in [-0.15, -0.1) is 0 Å². The van der Waals surface area contributed by atoms with Crippen LogP contribution < -0.4 is 15.8 Å². The lowest BCUT2D eigenvalue weighted by atomic mass is 10.2. The number of hydrogen-bond donors (Lipinski definition) is 2. The first-order valence-corrected chi connectivity index (χ1v) is 6.50. The summed E-state index contributed by atoms with van der Waals surface area (Å²) in [5, 5.41) is 2.87. The van der Waals surface area contributed by atoms with Gasteiger partial charge < -0.3 is 20.5 Å². The summed E-state index contributed by atoms with van der Waals surface area (Å²) in [6.07, 6.45) is 2.36. The zero-order chi connectivity index (χ0) is 14.5. The van der Waals surface area contributed by atoms with E-state index < -0.39 is 5.97 Å². The van der Waals surface area contributed by atoms with Crippen LogP contribution in [-0.2, 0) is 9.53 Å². The lowest BCUT2D eigenvalue weighted by Crippen LogP contribution is -2.26. The van der Waals surface area contributed by atoms with Crippen molar-refractivity contribution in [2.45, 2.75) is 25.3 Å². The van der Waals surface area contributed by atoms with Crippen LogP contribution in [0.15, 0.2) is 18.2 Å². The Balaban J connectivity index is 1.90. The number of nitrogen functional groups attached to an aromatic ring is 1. The topological polar surface area (TPSA) is 90.7 Å². The van der Waals surface area contributed by atoms with E-state index in [-0.39, 0.29) is 24.5 Å². The van der Waals surface area contributed by atoms with Gasteiger partial charge in [-0.25, -0.2) is 4.79 Å². The molecular weight excluding hydrogens is 260 g/mol. The molecule has 0 spiro atoms. The predicted molar refractivity (Wildman–Crippen MR) is 73.5 cm³/mol. The van der Waals surface area contributed by atoms with Gasteiger partial charge in [-0.1, -0.05) is 0 Å². The molecule has 2 rings (SSSR count). The summed E-state index contributed by atoms with van der Waals surface area (Å²) >= 11 is 0. The molecule has 0 bridgehead atoms. The van der Waals surface area contributed by atoms with Gasteiger partial charge in [0.1, 0.15) is 11.3 Å². The Kier molecular flexibility index (Phi) is 4.45. The summed E-state index contributed by atoms with van der Waals surface area (Å²) < 4.78 is 10.1. The number of ether oxygens (including phenoxy) is 2. The highest BCUT2D eigenvalue weighted by atomic mass is 16.5. The summed E-state index contributed by atoms with van der Waals surface area (Å²) in [5.41, 5.74) is 6.34. The molecular formula is C14H18N2O4. The lowest BCUT2D eigenvalue weighted by Gasteiger charge is -2.11. The first-order chi connectivity index (χ1) is 9.60. The van der Waals surface area contributed by atoms with Crippen molar-refractivity contribution in [1.82, 2.24) is 5.32 Å². The van der Waals surface area contributed by atoms with Crippen molar-refractivity contribution < 1.29 is 19.1 Å². The fourth-order valence-electron chi connectivity index (χ4n) is 1.72. The van der Waals surface area contributed by atoms with Crippen molar-refractivity contribution in [3.63, 3.8) is 0 Å². The van der Waals surface area contributed by atoms with E-state index >= 15 is 0 Å². The smallest absolute Gasteiger partial charge is 0.341 e. The molecule has 6 heteroatoms. The largest absolute Gasteiger partial charge is 0.492 e. The van der Waals surface area contributed by atoms with Crippen molar-refractivity contribution in [3.8, 4) is 5.75 Å². The number of nitrogens with one attached hydrogen (secondary N) is 1. The fraction of sp³-hybridized carbons (Fsp3) is 0.429. The Morgan fingerprint density at radius 3 is 2.80 bits per heavy atom. The van der Waals surface area contributed by atoms with Crippen molar-refractivity contribution in [2.75, 3.05) is 19.5 Å². The number of rotatable bonds is 6. The normalized spacial score (nSPS) is 13.7. The maximum absolute atomic E-state index is 11.6. The van der Waals surface area contributed by atoms with Crippen LogP contribution in [0.25, 0.3) is 0 Å². The standard InChI is InChI=1S/C14H18N2O4/c1-19-14(18)11-8-9(15)2-5-12(11)20-7-6-13(17)16-10-3-4-10/h2,5,8,10H,3-4,6-7,15H2,1H3,(H,16,17). The average molecular weight is 278 g/mol. The number of benzene rings is 1. The summed E-state index contributed by atoms with van der Waals surface area (Å²) in [7, 11) is 1.29. The Morgan fingerprint density at radius 2 is 2.15 bits per heavy atom. The van der Waals surface area contributed by atoms with Gasteiger partial charge in [-0.05, 0) is 31.0 Å². The maximum atomic E-state index is 11.6. The molecule has 0 aromatic heterocycles. The van der Waals surface area contributed by atoms with E-state index in [4.69, 9.17) is 10.5 Å². The third-order valence-electron chi connectivity index (χ3n) is 2.94. The molecule has 1 aromatic rings. The van der Waals surface area contributed by atoms with E-state index in [1.54, 1.807) is 12.1 Å². The highest BCUT2D eigenvalue weighted by Gasteiger charge is 2.23. The first kappa shape index (κ1) is 14.2. The van der Waals surface area contributed by atoms with Crippen LogP contribution in [-0.4, -0.2) is 31.6 Å².